The number of halogens is 5. The van der Waals surface area contributed by atoms with E-state index in [0.29, 0.717) is 6.42 Å². The maximum atomic E-state index is 14.6. The molecule has 2 aliphatic rings. The topological polar surface area (TPSA) is 66.8 Å². The standard InChI is InChI=1S/C13H15F5O4/c1-7(9(19)20)6-10-5-3-2-4-8(10)22-12(21,11(10,14)15)13(16,17)18/h8,21H,1-6H2,(H,19,20). The highest BCUT2D eigenvalue weighted by molar-refractivity contribution is 5.85. The van der Waals surface area contributed by atoms with Crippen molar-refractivity contribution < 1.29 is 41.7 Å². The first kappa shape index (κ1) is 17.1. The molecule has 2 N–H and O–H groups in total. The van der Waals surface area contributed by atoms with E-state index >= 15 is 0 Å². The van der Waals surface area contributed by atoms with Gasteiger partial charge in [0.2, 0.25) is 0 Å². The summed E-state index contributed by atoms with van der Waals surface area (Å²) in [6, 6.07) is 0. The molecule has 4 nitrogen and oxygen atoms in total. The second kappa shape index (κ2) is 4.89. The lowest BCUT2D eigenvalue weighted by atomic mass is 9.64. The highest BCUT2D eigenvalue weighted by atomic mass is 19.4. The van der Waals surface area contributed by atoms with Gasteiger partial charge in [0.15, 0.2) is 0 Å². The summed E-state index contributed by atoms with van der Waals surface area (Å²) in [5.41, 5.74) is -3.06. The van der Waals surface area contributed by atoms with Crippen LogP contribution in [0.3, 0.4) is 0 Å². The molecule has 0 aromatic carbocycles. The van der Waals surface area contributed by atoms with E-state index in [1.165, 1.54) is 0 Å². The highest BCUT2D eigenvalue weighted by Crippen LogP contribution is 2.65. The monoisotopic (exact) mass is 330 g/mol. The van der Waals surface area contributed by atoms with Gasteiger partial charge in [-0.15, -0.1) is 0 Å². The molecule has 0 radical (unpaired) electrons. The van der Waals surface area contributed by atoms with Crippen LogP contribution in [0.1, 0.15) is 32.1 Å². The van der Waals surface area contributed by atoms with Gasteiger partial charge < -0.3 is 14.9 Å². The number of alkyl halides is 5. The Hall–Kier alpha value is -1.22. The second-order valence-electron chi connectivity index (χ2n) is 5.81. The Bertz CT molecular complexity index is 503. The van der Waals surface area contributed by atoms with Crippen LogP contribution < -0.4 is 0 Å². The molecule has 2 rings (SSSR count). The lowest BCUT2D eigenvalue weighted by molar-refractivity contribution is -0.410. The van der Waals surface area contributed by atoms with Crippen molar-refractivity contribution in [2.24, 2.45) is 5.41 Å². The molecule has 126 valence electrons. The quantitative estimate of drug-likeness (QED) is 0.617. The summed E-state index contributed by atoms with van der Waals surface area (Å²) in [7, 11) is 0. The van der Waals surface area contributed by atoms with Crippen LogP contribution >= 0.6 is 0 Å². The van der Waals surface area contributed by atoms with E-state index in [9.17, 15) is 31.9 Å². The first-order valence-electron chi connectivity index (χ1n) is 6.65. The molecule has 3 unspecified atom stereocenters. The van der Waals surface area contributed by atoms with Crippen LogP contribution in [-0.4, -0.2) is 40.2 Å². The Kier molecular flexibility index (Phi) is 3.81. The summed E-state index contributed by atoms with van der Waals surface area (Å²) in [5.74, 6) is -10.9. The predicted octanol–water partition coefficient (Wildman–Crippen LogP) is 2.86. The van der Waals surface area contributed by atoms with Gasteiger partial charge in [0.1, 0.15) is 0 Å². The van der Waals surface area contributed by atoms with Gasteiger partial charge in [-0.2, -0.15) is 22.0 Å². The lowest BCUT2D eigenvalue weighted by Crippen LogP contribution is -2.61. The molecule has 0 aromatic heterocycles. The van der Waals surface area contributed by atoms with Crippen LogP contribution in [0.25, 0.3) is 0 Å². The molecule has 0 aromatic rings. The van der Waals surface area contributed by atoms with Crippen LogP contribution in [0, 0.1) is 5.41 Å². The molecular formula is C13H15F5O4. The summed E-state index contributed by atoms with van der Waals surface area (Å²) >= 11 is 0. The van der Waals surface area contributed by atoms with Gasteiger partial charge in [-0.05, 0) is 19.3 Å². The lowest BCUT2D eigenvalue weighted by Gasteiger charge is -2.42. The van der Waals surface area contributed by atoms with Gasteiger partial charge in [-0.25, -0.2) is 4.79 Å². The van der Waals surface area contributed by atoms with E-state index in [-0.39, 0.29) is 19.3 Å². The molecule has 1 heterocycles. The average molecular weight is 330 g/mol. The molecule has 2 fully saturated rings. The minimum Gasteiger partial charge on any atom is -0.478 e. The number of carboxylic acid groups (broad SMARTS) is 1. The molecule has 9 heteroatoms. The highest BCUT2D eigenvalue weighted by Gasteiger charge is 2.84. The maximum Gasteiger partial charge on any atom is 0.449 e. The van der Waals surface area contributed by atoms with Crippen LogP contribution in [0.4, 0.5) is 22.0 Å². The predicted molar refractivity (Wildman–Crippen MR) is 63.1 cm³/mol. The smallest absolute Gasteiger partial charge is 0.449 e. The number of carbonyl (C=O) groups is 1. The van der Waals surface area contributed by atoms with Gasteiger partial charge in [-0.1, -0.05) is 19.4 Å². The maximum absolute atomic E-state index is 14.6. The number of fused-ring (bicyclic) bond motifs is 1. The zero-order valence-corrected chi connectivity index (χ0v) is 11.4. The number of aliphatic hydroxyl groups is 1. The molecule has 1 saturated carbocycles. The molecule has 0 bridgehead atoms. The SMILES string of the molecule is C=C(CC12CCCCC1OC(O)(C(F)(F)F)C2(F)F)C(=O)O. The molecule has 1 aliphatic carbocycles. The molecule has 0 amide bonds. The van der Waals surface area contributed by atoms with Crippen molar-refractivity contribution >= 4 is 5.97 Å². The van der Waals surface area contributed by atoms with E-state index in [1.807, 2.05) is 0 Å². The minimum atomic E-state index is -5.70. The van der Waals surface area contributed by atoms with Crippen molar-refractivity contribution in [3.05, 3.63) is 12.2 Å². The summed E-state index contributed by atoms with van der Waals surface area (Å²) < 4.78 is 72.4. The molecule has 22 heavy (non-hydrogen) atoms. The zero-order chi connectivity index (χ0) is 17.0. The van der Waals surface area contributed by atoms with Crippen LogP contribution in [-0.2, 0) is 9.53 Å². The van der Waals surface area contributed by atoms with Crippen molar-refractivity contribution in [3.8, 4) is 0 Å². The van der Waals surface area contributed by atoms with Gasteiger partial charge in [0.05, 0.1) is 11.5 Å². The van der Waals surface area contributed by atoms with Crippen molar-refractivity contribution in [1.82, 2.24) is 0 Å². The average Bonchev–Trinajstić information content (AvgIpc) is 2.56. The molecule has 0 spiro atoms. The number of hydrogen-bond acceptors (Lipinski definition) is 3. The summed E-state index contributed by atoms with van der Waals surface area (Å²) in [6.07, 6.45) is -8.11. The largest absolute Gasteiger partial charge is 0.478 e. The molecule has 3 atom stereocenters. The van der Waals surface area contributed by atoms with Crippen molar-refractivity contribution in [1.29, 1.82) is 0 Å². The fourth-order valence-corrected chi connectivity index (χ4v) is 3.37. The molecule has 1 aliphatic heterocycles. The fourth-order valence-electron chi connectivity index (χ4n) is 3.37. The Labute approximate surface area is 122 Å². The molecule has 1 saturated heterocycles. The number of aliphatic carboxylic acids is 1. The van der Waals surface area contributed by atoms with Gasteiger partial charge in [0.25, 0.3) is 0 Å². The van der Waals surface area contributed by atoms with Crippen molar-refractivity contribution in [2.45, 2.75) is 56.1 Å². The normalized spacial score (nSPS) is 37.6. The van der Waals surface area contributed by atoms with Gasteiger partial charge in [-0.3, -0.25) is 0 Å². The van der Waals surface area contributed by atoms with Crippen molar-refractivity contribution in [2.75, 3.05) is 0 Å². The third-order valence-electron chi connectivity index (χ3n) is 4.53. The van der Waals surface area contributed by atoms with Crippen LogP contribution in [0.2, 0.25) is 0 Å². The molecular weight excluding hydrogens is 315 g/mol. The number of rotatable bonds is 3. The minimum absolute atomic E-state index is 0.110. The van der Waals surface area contributed by atoms with Gasteiger partial charge in [0, 0.05) is 5.57 Å². The first-order valence-corrected chi connectivity index (χ1v) is 6.65. The van der Waals surface area contributed by atoms with E-state index in [4.69, 9.17) is 5.11 Å². The first-order chi connectivity index (χ1) is 9.89. The van der Waals surface area contributed by atoms with Gasteiger partial charge >= 0.3 is 23.9 Å². The van der Waals surface area contributed by atoms with E-state index in [1.54, 1.807) is 0 Å². The number of ether oxygens (including phenoxy) is 1. The summed E-state index contributed by atoms with van der Waals surface area (Å²) in [4.78, 5) is 10.9. The summed E-state index contributed by atoms with van der Waals surface area (Å²) in [6.45, 7) is 3.13. The van der Waals surface area contributed by atoms with E-state index in [2.05, 4.69) is 11.3 Å². The Balaban J connectivity index is 2.52. The van der Waals surface area contributed by atoms with E-state index < -0.39 is 47.4 Å². The van der Waals surface area contributed by atoms with E-state index in [0.717, 1.165) is 0 Å². The zero-order valence-electron chi connectivity index (χ0n) is 11.4. The second-order valence-corrected chi connectivity index (χ2v) is 5.81. The number of hydrogen-bond donors (Lipinski definition) is 2. The Morgan fingerprint density at radius 3 is 2.41 bits per heavy atom. The Morgan fingerprint density at radius 1 is 1.32 bits per heavy atom. The van der Waals surface area contributed by atoms with Crippen molar-refractivity contribution in [3.63, 3.8) is 0 Å². The Morgan fingerprint density at radius 2 is 1.91 bits per heavy atom. The fraction of sp³-hybridized carbons (Fsp3) is 0.769. The van der Waals surface area contributed by atoms with Crippen LogP contribution in [0.15, 0.2) is 12.2 Å². The summed E-state index contributed by atoms with van der Waals surface area (Å²) in [5, 5.41) is 18.3. The number of carboxylic acids is 1. The van der Waals surface area contributed by atoms with Crippen LogP contribution in [0.5, 0.6) is 0 Å². The third kappa shape index (κ3) is 2.05. The third-order valence-corrected chi connectivity index (χ3v) is 4.53.